The summed E-state index contributed by atoms with van der Waals surface area (Å²) in [6.07, 6.45) is 7.42. The van der Waals surface area contributed by atoms with Gasteiger partial charge in [-0.3, -0.25) is 9.80 Å². The number of aliphatic hydroxyl groups is 2. The van der Waals surface area contributed by atoms with Crippen molar-refractivity contribution in [3.63, 3.8) is 0 Å². The number of carbonyl (C=O) groups is 1. The number of hydrogen-bond acceptors (Lipinski definition) is 11. The highest BCUT2D eigenvalue weighted by atomic mass is 16.5. The number of carbonyl (C=O) groups excluding carboxylic acids is 1. The van der Waals surface area contributed by atoms with Crippen LogP contribution in [0.5, 0.6) is 23.0 Å². The highest BCUT2D eigenvalue weighted by Gasteiger charge is 2.53. The summed E-state index contributed by atoms with van der Waals surface area (Å²) in [6.45, 7) is 13.2. The van der Waals surface area contributed by atoms with E-state index in [1.807, 2.05) is 35.8 Å². The molecule has 332 valence electrons. The zero-order valence-electron chi connectivity index (χ0n) is 36.9. The zero-order valence-corrected chi connectivity index (χ0v) is 36.9. The van der Waals surface area contributed by atoms with Crippen molar-refractivity contribution in [3.8, 4) is 23.0 Å². The largest absolute Gasteiger partial charge is 0.493 e. The van der Waals surface area contributed by atoms with Gasteiger partial charge in [0.15, 0.2) is 23.0 Å². The topological polar surface area (TPSA) is 126 Å². The van der Waals surface area contributed by atoms with Gasteiger partial charge in [-0.05, 0) is 101 Å². The first kappa shape index (κ1) is 43.3. The highest BCUT2D eigenvalue weighted by Crippen LogP contribution is 2.50. The summed E-state index contributed by atoms with van der Waals surface area (Å²) in [5.74, 6) is 2.90. The van der Waals surface area contributed by atoms with Gasteiger partial charge < -0.3 is 48.4 Å². The summed E-state index contributed by atoms with van der Waals surface area (Å²) < 4.78 is 36.8. The molecule has 0 bridgehead atoms. The number of benzene rings is 2. The SMILES string of the molecule is COc1ccc(C2CN(C3COCCN3C(=O)N3CCOC[C@H]3N3C[C@@H](c4ccc(OC)c(OC5CCCC5)c4)C(C)(C(C)O)C3)CC2(C)C(C)O)cc1OC1CCCC1. The minimum atomic E-state index is -0.603. The summed E-state index contributed by atoms with van der Waals surface area (Å²) in [5, 5.41) is 22.9. The van der Waals surface area contributed by atoms with Gasteiger partial charge in [0.1, 0.15) is 12.3 Å². The molecule has 2 amide bonds. The fourth-order valence-electron chi connectivity index (χ4n) is 11.2. The van der Waals surface area contributed by atoms with E-state index in [9.17, 15) is 10.2 Å². The minimum Gasteiger partial charge on any atom is -0.493 e. The second-order valence-electron chi connectivity index (χ2n) is 19.0. The van der Waals surface area contributed by atoms with Crippen LogP contribution in [-0.2, 0) is 9.47 Å². The Balaban J connectivity index is 1.03. The van der Waals surface area contributed by atoms with E-state index < -0.39 is 23.0 Å². The number of likely N-dealkylation sites (tertiary alicyclic amines) is 2. The van der Waals surface area contributed by atoms with Crippen LogP contribution in [0.15, 0.2) is 36.4 Å². The van der Waals surface area contributed by atoms with Crippen LogP contribution in [0.1, 0.15) is 102 Å². The van der Waals surface area contributed by atoms with Crippen molar-refractivity contribution in [1.82, 2.24) is 19.6 Å². The number of ether oxygens (including phenoxy) is 6. The molecule has 2 aliphatic carbocycles. The predicted octanol–water partition coefficient (Wildman–Crippen LogP) is 6.06. The molecule has 13 heteroatoms. The van der Waals surface area contributed by atoms with Gasteiger partial charge in [-0.25, -0.2) is 4.79 Å². The number of aliphatic hydroxyl groups excluding tert-OH is 2. The van der Waals surface area contributed by atoms with Crippen LogP contribution in [-0.4, -0.2) is 153 Å². The van der Waals surface area contributed by atoms with Crippen molar-refractivity contribution in [2.24, 2.45) is 10.8 Å². The molecule has 0 aromatic heterocycles. The van der Waals surface area contributed by atoms with Gasteiger partial charge in [0.25, 0.3) is 0 Å². The quantitative estimate of drug-likeness (QED) is 0.260. The lowest BCUT2D eigenvalue weighted by Gasteiger charge is -2.47. The molecule has 2 saturated carbocycles. The van der Waals surface area contributed by atoms with E-state index in [1.54, 1.807) is 14.2 Å². The summed E-state index contributed by atoms with van der Waals surface area (Å²) in [7, 11) is 3.36. The molecule has 6 unspecified atom stereocenters. The molecule has 6 fully saturated rings. The molecule has 0 radical (unpaired) electrons. The van der Waals surface area contributed by atoms with Gasteiger partial charge in [0.05, 0.1) is 65.1 Å². The first-order chi connectivity index (χ1) is 28.9. The molecule has 4 saturated heterocycles. The molecule has 0 spiro atoms. The Morgan fingerprint density at radius 3 is 1.43 bits per heavy atom. The maximum absolute atomic E-state index is 15.1. The standard InChI is InChI=1S/C47H70N4O9/c1-31(52)46(3)29-48(25-37(46)33-15-17-39(55-5)41(23-33)59-35-11-7-8-12-35)43-27-57-21-19-50(43)45(54)51-20-22-58-28-44(51)49-26-38(47(4,30-49)32(2)53)34-16-18-40(56-6)42(24-34)60-36-13-9-10-14-36/h15-18,23-24,31-32,35-38,43-44,52-53H,7-14,19-22,25-30H2,1-6H3/t31?,32?,37-,38?,43-,44?,46?,47?/m0/s1. The maximum Gasteiger partial charge on any atom is 0.322 e. The third-order valence-corrected chi connectivity index (χ3v) is 15.3. The van der Waals surface area contributed by atoms with Crippen LogP contribution in [0.4, 0.5) is 4.79 Å². The van der Waals surface area contributed by atoms with Gasteiger partial charge in [-0.1, -0.05) is 26.0 Å². The molecule has 13 nitrogen and oxygen atoms in total. The van der Waals surface area contributed by atoms with E-state index in [1.165, 1.54) is 25.7 Å². The zero-order chi connectivity index (χ0) is 42.2. The average molecular weight is 835 g/mol. The normalized spacial score (nSPS) is 32.1. The third-order valence-electron chi connectivity index (χ3n) is 15.3. The molecule has 4 heterocycles. The van der Waals surface area contributed by atoms with Gasteiger partial charge in [0.2, 0.25) is 0 Å². The summed E-state index contributed by atoms with van der Waals surface area (Å²) >= 11 is 0. The van der Waals surface area contributed by atoms with Crippen molar-refractivity contribution >= 4 is 6.03 Å². The van der Waals surface area contributed by atoms with Gasteiger partial charge >= 0.3 is 6.03 Å². The molecule has 4 aliphatic heterocycles. The highest BCUT2D eigenvalue weighted by molar-refractivity contribution is 5.75. The fourth-order valence-corrected chi connectivity index (χ4v) is 11.2. The second-order valence-corrected chi connectivity index (χ2v) is 19.0. The van der Waals surface area contributed by atoms with Crippen LogP contribution in [0.25, 0.3) is 0 Å². The minimum absolute atomic E-state index is 0.0222. The van der Waals surface area contributed by atoms with E-state index in [0.717, 1.165) is 59.8 Å². The summed E-state index contributed by atoms with van der Waals surface area (Å²) in [6, 6.07) is 12.4. The van der Waals surface area contributed by atoms with Crippen molar-refractivity contribution in [2.75, 3.05) is 79.9 Å². The lowest BCUT2D eigenvalue weighted by Crippen LogP contribution is -2.65. The van der Waals surface area contributed by atoms with Crippen molar-refractivity contribution in [2.45, 2.75) is 128 Å². The van der Waals surface area contributed by atoms with Crippen LogP contribution < -0.4 is 18.9 Å². The van der Waals surface area contributed by atoms with Crippen molar-refractivity contribution in [1.29, 1.82) is 0 Å². The number of methoxy groups -OCH3 is 2. The molecule has 6 aliphatic rings. The van der Waals surface area contributed by atoms with E-state index in [4.69, 9.17) is 28.4 Å². The Kier molecular flexibility index (Phi) is 13.1. The average Bonchev–Trinajstić information content (AvgIpc) is 4.09. The van der Waals surface area contributed by atoms with Crippen molar-refractivity contribution in [3.05, 3.63) is 47.5 Å². The third kappa shape index (κ3) is 8.43. The van der Waals surface area contributed by atoms with Crippen molar-refractivity contribution < 1.29 is 43.4 Å². The van der Waals surface area contributed by atoms with Crippen LogP contribution in [0, 0.1) is 10.8 Å². The Bertz CT molecular complexity index is 1660. The molecule has 8 atom stereocenters. The van der Waals surface area contributed by atoms with E-state index in [-0.39, 0.29) is 42.4 Å². The molecule has 2 aromatic carbocycles. The first-order valence-corrected chi connectivity index (χ1v) is 22.7. The van der Waals surface area contributed by atoms with Gasteiger partial charge in [0, 0.05) is 61.9 Å². The van der Waals surface area contributed by atoms with E-state index in [0.29, 0.717) is 65.7 Å². The van der Waals surface area contributed by atoms with E-state index in [2.05, 4.69) is 47.9 Å². The van der Waals surface area contributed by atoms with E-state index >= 15 is 4.79 Å². The Hall–Kier alpha value is -3.33. The van der Waals surface area contributed by atoms with Crippen LogP contribution in [0.2, 0.25) is 0 Å². The number of hydrogen-bond donors (Lipinski definition) is 2. The monoisotopic (exact) mass is 835 g/mol. The summed E-state index contributed by atoms with van der Waals surface area (Å²) in [4.78, 5) is 23.7. The number of urea groups is 1. The molecule has 8 rings (SSSR count). The molecule has 2 aromatic rings. The Morgan fingerprint density at radius 1 is 0.667 bits per heavy atom. The number of rotatable bonds is 12. The molecular weight excluding hydrogens is 765 g/mol. The number of amides is 2. The smallest absolute Gasteiger partial charge is 0.322 e. The van der Waals surface area contributed by atoms with Gasteiger partial charge in [-0.15, -0.1) is 0 Å². The molecule has 60 heavy (non-hydrogen) atoms. The Morgan fingerprint density at radius 2 is 1.07 bits per heavy atom. The number of morpholine rings is 2. The lowest BCUT2D eigenvalue weighted by molar-refractivity contribution is -0.0879. The fraction of sp³-hybridized carbons (Fsp3) is 0.723. The Labute approximate surface area is 357 Å². The van der Waals surface area contributed by atoms with Gasteiger partial charge in [-0.2, -0.15) is 0 Å². The predicted molar refractivity (Wildman–Crippen MR) is 228 cm³/mol. The summed E-state index contributed by atoms with van der Waals surface area (Å²) in [5.41, 5.74) is 1.20. The lowest BCUT2D eigenvalue weighted by atomic mass is 9.72. The second kappa shape index (κ2) is 18.2. The first-order valence-electron chi connectivity index (χ1n) is 22.7. The van der Waals surface area contributed by atoms with Crippen LogP contribution in [0.3, 0.4) is 0 Å². The molecule has 2 N–H and O–H groups in total. The van der Waals surface area contributed by atoms with Crippen LogP contribution >= 0.6 is 0 Å². The number of nitrogens with zero attached hydrogens (tertiary/aromatic N) is 4. The maximum atomic E-state index is 15.1. The molecular formula is C47H70N4O9.